The molecular formula is C23H24F3N3O3S. The van der Waals surface area contributed by atoms with Crippen LogP contribution in [0.1, 0.15) is 49.4 Å². The number of benzene rings is 1. The number of anilines is 2. The highest BCUT2D eigenvalue weighted by Crippen LogP contribution is 2.40. The van der Waals surface area contributed by atoms with Crippen molar-refractivity contribution < 1.29 is 26.4 Å². The van der Waals surface area contributed by atoms with E-state index in [0.717, 1.165) is 37.8 Å². The van der Waals surface area contributed by atoms with Crippen molar-refractivity contribution in [2.45, 2.75) is 45.2 Å². The van der Waals surface area contributed by atoms with Gasteiger partial charge in [0.15, 0.2) is 0 Å². The van der Waals surface area contributed by atoms with Crippen molar-refractivity contribution in [3.05, 3.63) is 47.2 Å². The number of aryl methyl sites for hydroxylation is 1. The molecule has 2 aromatic rings. The van der Waals surface area contributed by atoms with Crippen molar-refractivity contribution in [2.24, 2.45) is 5.92 Å². The minimum atomic E-state index is -4.77. The van der Waals surface area contributed by atoms with Crippen LogP contribution in [0.25, 0.3) is 17.2 Å². The number of pyridine rings is 1. The molecule has 0 aliphatic heterocycles. The molecule has 176 valence electrons. The fourth-order valence-corrected chi connectivity index (χ4v) is 4.38. The van der Waals surface area contributed by atoms with Gasteiger partial charge in [-0.2, -0.15) is 13.2 Å². The van der Waals surface area contributed by atoms with Crippen LogP contribution in [0.15, 0.2) is 30.3 Å². The minimum Gasteiger partial charge on any atom is -0.310 e. The number of hydrogen-bond donors (Lipinski definition) is 2. The fraction of sp³-hybridized carbons (Fsp3) is 0.391. The number of amides is 1. The first-order chi connectivity index (χ1) is 15.6. The van der Waals surface area contributed by atoms with Gasteiger partial charge < -0.3 is 5.32 Å². The van der Waals surface area contributed by atoms with E-state index < -0.39 is 27.5 Å². The number of fused-ring (bicyclic) bond motifs is 1. The molecule has 1 saturated carbocycles. The van der Waals surface area contributed by atoms with Gasteiger partial charge in [-0.15, -0.1) is 0 Å². The molecule has 0 atom stereocenters. The number of nitrogens with zero attached hydrogens (tertiary/aromatic N) is 1. The normalized spacial score (nSPS) is 16.1. The first-order valence-corrected chi connectivity index (χ1v) is 12.5. The van der Waals surface area contributed by atoms with Crippen LogP contribution in [0, 0.1) is 5.92 Å². The predicted octanol–water partition coefficient (Wildman–Crippen LogP) is 5.23. The zero-order valence-electron chi connectivity index (χ0n) is 18.0. The summed E-state index contributed by atoms with van der Waals surface area (Å²) >= 11 is 0. The van der Waals surface area contributed by atoms with Crippen LogP contribution >= 0.6 is 0 Å². The van der Waals surface area contributed by atoms with Crippen LogP contribution in [-0.4, -0.2) is 25.1 Å². The number of halogens is 3. The van der Waals surface area contributed by atoms with E-state index in [4.69, 9.17) is 0 Å². The first kappa shape index (κ1) is 23.3. The second-order valence-corrected chi connectivity index (χ2v) is 10.2. The molecule has 1 fully saturated rings. The maximum Gasteiger partial charge on any atom is 0.418 e. The summed E-state index contributed by atoms with van der Waals surface area (Å²) < 4.78 is 67.4. The summed E-state index contributed by atoms with van der Waals surface area (Å²) in [5, 5.41) is 2.79. The zero-order valence-corrected chi connectivity index (χ0v) is 18.8. The molecule has 33 heavy (non-hydrogen) atoms. The van der Waals surface area contributed by atoms with Gasteiger partial charge in [0.1, 0.15) is 5.82 Å². The standard InChI is InChI=1S/C23H24F3N3O3S/c1-2-33(31,32)29-20-11-10-15(12-18(20)23(24,25)26)17-13-21(28-22(30)14-8-9-14)27-19-7-5-3-4-6-16(17)19/h4,6,10-14,29H,2-3,5,7-9H2,1H3,(H,27,28,30). The highest BCUT2D eigenvalue weighted by molar-refractivity contribution is 7.92. The Labute approximate surface area is 190 Å². The highest BCUT2D eigenvalue weighted by atomic mass is 32.2. The minimum absolute atomic E-state index is 0.0448. The number of sulfonamides is 1. The molecule has 0 spiro atoms. The quantitative estimate of drug-likeness (QED) is 0.594. The lowest BCUT2D eigenvalue weighted by Gasteiger charge is -2.18. The topological polar surface area (TPSA) is 88.2 Å². The van der Waals surface area contributed by atoms with E-state index >= 15 is 0 Å². The van der Waals surface area contributed by atoms with Crippen molar-refractivity contribution in [1.82, 2.24) is 4.98 Å². The number of nitrogens with one attached hydrogen (secondary N) is 2. The molecule has 10 heteroatoms. The maximum absolute atomic E-state index is 13.9. The number of rotatable bonds is 6. The summed E-state index contributed by atoms with van der Waals surface area (Å²) in [6.45, 7) is 1.35. The summed E-state index contributed by atoms with van der Waals surface area (Å²) in [6, 6.07) is 5.10. The molecule has 0 radical (unpaired) electrons. The van der Waals surface area contributed by atoms with E-state index in [1.54, 1.807) is 6.07 Å². The van der Waals surface area contributed by atoms with Gasteiger partial charge in [-0.25, -0.2) is 13.4 Å². The second-order valence-electron chi connectivity index (χ2n) is 8.24. The molecule has 6 nitrogen and oxygen atoms in total. The number of alkyl halides is 3. The predicted molar refractivity (Wildman–Crippen MR) is 121 cm³/mol. The Kier molecular flexibility index (Phi) is 6.22. The SMILES string of the molecule is CCS(=O)(=O)Nc1ccc(-c2cc(NC(=O)C3CC3)nc3c2C=CCCC3)cc1C(F)(F)F. The molecular weight excluding hydrogens is 455 g/mol. The van der Waals surface area contributed by atoms with Crippen LogP contribution in [0.2, 0.25) is 0 Å². The molecule has 2 N–H and O–H groups in total. The smallest absolute Gasteiger partial charge is 0.310 e. The van der Waals surface area contributed by atoms with Gasteiger partial charge in [-0.1, -0.05) is 18.2 Å². The molecule has 2 aliphatic carbocycles. The van der Waals surface area contributed by atoms with E-state index in [1.807, 2.05) is 16.9 Å². The molecule has 1 heterocycles. The summed E-state index contributed by atoms with van der Waals surface area (Å²) in [5.74, 6) is -0.228. The Morgan fingerprint density at radius 3 is 2.64 bits per heavy atom. The summed E-state index contributed by atoms with van der Waals surface area (Å²) in [4.78, 5) is 16.8. The van der Waals surface area contributed by atoms with Gasteiger partial charge in [-0.05, 0) is 68.4 Å². The number of carbonyl (C=O) groups excluding carboxylic acids is 1. The largest absolute Gasteiger partial charge is 0.418 e. The van der Waals surface area contributed by atoms with Gasteiger partial charge in [0.05, 0.1) is 22.7 Å². The van der Waals surface area contributed by atoms with E-state index in [9.17, 15) is 26.4 Å². The molecule has 0 bridgehead atoms. The van der Waals surface area contributed by atoms with E-state index in [1.165, 1.54) is 13.0 Å². The van der Waals surface area contributed by atoms with E-state index in [-0.39, 0.29) is 23.1 Å². The third kappa shape index (κ3) is 5.38. The molecule has 2 aliphatic rings. The van der Waals surface area contributed by atoms with Gasteiger partial charge in [0, 0.05) is 11.5 Å². The first-order valence-electron chi connectivity index (χ1n) is 10.8. The van der Waals surface area contributed by atoms with Crippen molar-refractivity contribution in [3.63, 3.8) is 0 Å². The average molecular weight is 480 g/mol. The molecule has 4 rings (SSSR count). The van der Waals surface area contributed by atoms with Crippen LogP contribution in [0.4, 0.5) is 24.7 Å². The van der Waals surface area contributed by atoms with Gasteiger partial charge in [0.25, 0.3) is 0 Å². The van der Waals surface area contributed by atoms with Gasteiger partial charge in [-0.3, -0.25) is 9.52 Å². The summed E-state index contributed by atoms with van der Waals surface area (Å²) in [7, 11) is -3.89. The third-order valence-electron chi connectivity index (χ3n) is 5.69. The molecule has 0 unspecified atom stereocenters. The lowest BCUT2D eigenvalue weighted by Crippen LogP contribution is -2.18. The molecule has 1 aromatic carbocycles. The number of hydrogen-bond acceptors (Lipinski definition) is 4. The van der Waals surface area contributed by atoms with Crippen molar-refractivity contribution in [2.75, 3.05) is 15.8 Å². The number of aromatic nitrogens is 1. The molecule has 1 aromatic heterocycles. The van der Waals surface area contributed by atoms with Crippen LogP contribution in [-0.2, 0) is 27.4 Å². The Balaban J connectivity index is 1.83. The van der Waals surface area contributed by atoms with Gasteiger partial charge >= 0.3 is 6.18 Å². The lowest BCUT2D eigenvalue weighted by atomic mass is 9.95. The Morgan fingerprint density at radius 2 is 1.97 bits per heavy atom. The van der Waals surface area contributed by atoms with Crippen LogP contribution in [0.3, 0.4) is 0 Å². The molecule has 0 saturated heterocycles. The van der Waals surface area contributed by atoms with Gasteiger partial charge in [0.2, 0.25) is 15.9 Å². The summed E-state index contributed by atoms with van der Waals surface area (Å²) in [5.41, 5.74) is 0.562. The lowest BCUT2D eigenvalue weighted by molar-refractivity contribution is -0.136. The van der Waals surface area contributed by atoms with E-state index in [0.29, 0.717) is 29.1 Å². The second kappa shape index (κ2) is 8.81. The van der Waals surface area contributed by atoms with Crippen LogP contribution < -0.4 is 10.0 Å². The number of carbonyl (C=O) groups is 1. The number of allylic oxidation sites excluding steroid dienone is 1. The zero-order chi connectivity index (χ0) is 23.8. The fourth-order valence-electron chi connectivity index (χ4n) is 3.72. The van der Waals surface area contributed by atoms with E-state index in [2.05, 4.69) is 10.3 Å². The van der Waals surface area contributed by atoms with Crippen molar-refractivity contribution in [1.29, 1.82) is 0 Å². The summed E-state index contributed by atoms with van der Waals surface area (Å²) in [6.07, 6.45) is 2.93. The molecule has 1 amide bonds. The van der Waals surface area contributed by atoms with Crippen molar-refractivity contribution in [3.8, 4) is 11.1 Å². The monoisotopic (exact) mass is 479 g/mol. The Morgan fingerprint density at radius 1 is 1.21 bits per heavy atom. The Hall–Kier alpha value is -2.88. The average Bonchev–Trinajstić information content (AvgIpc) is 3.60. The Bertz CT molecular complexity index is 1220. The maximum atomic E-state index is 13.9. The van der Waals surface area contributed by atoms with Crippen molar-refractivity contribution >= 4 is 33.5 Å². The highest BCUT2D eigenvalue weighted by Gasteiger charge is 2.35. The third-order valence-corrected chi connectivity index (χ3v) is 6.98. The van der Waals surface area contributed by atoms with Crippen LogP contribution in [0.5, 0.6) is 0 Å².